The normalized spacial score (nSPS) is 11.3. The molecule has 2 aromatic carbocycles. The second-order valence-corrected chi connectivity index (χ2v) is 8.33. The van der Waals surface area contributed by atoms with Gasteiger partial charge >= 0.3 is 0 Å². The van der Waals surface area contributed by atoms with Gasteiger partial charge in [0.2, 0.25) is 5.91 Å². The number of nitrogens with zero attached hydrogens (tertiary/aromatic N) is 2. The molecular formula is C20H19F2N3O5S. The summed E-state index contributed by atoms with van der Waals surface area (Å²) in [6.45, 7) is 2.21. The first-order valence-corrected chi connectivity index (χ1v) is 10.4. The fourth-order valence-corrected chi connectivity index (χ4v) is 4.65. The molecule has 1 aromatic heterocycles. The van der Waals surface area contributed by atoms with E-state index in [9.17, 15) is 22.0 Å². The summed E-state index contributed by atoms with van der Waals surface area (Å²) in [5.74, 6) is -2.09. The maximum atomic E-state index is 13.9. The summed E-state index contributed by atoms with van der Waals surface area (Å²) >= 11 is 0. The number of sulfonamides is 1. The molecule has 3 rings (SSSR count). The zero-order chi connectivity index (χ0) is 22.8. The van der Waals surface area contributed by atoms with Crippen molar-refractivity contribution in [3.05, 3.63) is 65.6 Å². The Balaban J connectivity index is 1.98. The quantitative estimate of drug-likeness (QED) is 0.591. The topological polar surface area (TPSA) is 102 Å². The average Bonchev–Trinajstić information content (AvgIpc) is 3.07. The summed E-state index contributed by atoms with van der Waals surface area (Å²) in [5.41, 5.74) is 0.00680. The third kappa shape index (κ3) is 4.66. The highest BCUT2D eigenvalue weighted by molar-refractivity contribution is 7.93. The number of benzene rings is 2. The number of nitrogens with one attached hydrogen (secondary N) is 1. The Morgan fingerprint density at radius 3 is 2.39 bits per heavy atom. The molecule has 0 aliphatic rings. The Hall–Kier alpha value is -3.47. The van der Waals surface area contributed by atoms with E-state index in [1.165, 1.54) is 45.2 Å². The van der Waals surface area contributed by atoms with Crippen LogP contribution in [0.25, 0.3) is 0 Å². The van der Waals surface area contributed by atoms with Gasteiger partial charge in [-0.3, -0.25) is 9.10 Å². The van der Waals surface area contributed by atoms with Crippen LogP contribution in [0.2, 0.25) is 0 Å². The molecule has 1 heterocycles. The number of ether oxygens (including phenoxy) is 1. The smallest absolute Gasteiger partial charge is 0.270 e. The van der Waals surface area contributed by atoms with Crippen LogP contribution in [0, 0.1) is 25.5 Å². The van der Waals surface area contributed by atoms with E-state index < -0.39 is 34.1 Å². The summed E-state index contributed by atoms with van der Waals surface area (Å²) in [6, 6.07) is 8.60. The lowest BCUT2D eigenvalue weighted by Crippen LogP contribution is -2.38. The molecule has 31 heavy (non-hydrogen) atoms. The van der Waals surface area contributed by atoms with E-state index >= 15 is 0 Å². The molecule has 1 N–H and O–H groups in total. The maximum Gasteiger partial charge on any atom is 0.270 e. The van der Waals surface area contributed by atoms with Crippen LogP contribution in [0.1, 0.15) is 11.5 Å². The van der Waals surface area contributed by atoms with E-state index in [0.717, 1.165) is 16.4 Å². The highest BCUT2D eigenvalue weighted by Crippen LogP contribution is 2.29. The predicted molar refractivity (Wildman–Crippen MR) is 108 cm³/mol. The summed E-state index contributed by atoms with van der Waals surface area (Å²) in [7, 11) is -2.82. The molecular weight excluding hydrogens is 432 g/mol. The van der Waals surface area contributed by atoms with Crippen molar-refractivity contribution in [2.24, 2.45) is 0 Å². The molecule has 0 aliphatic heterocycles. The first kappa shape index (κ1) is 22.2. The Morgan fingerprint density at radius 2 is 1.84 bits per heavy atom. The minimum Gasteiger partial charge on any atom is -0.497 e. The molecule has 11 heteroatoms. The third-order valence-electron chi connectivity index (χ3n) is 4.37. The van der Waals surface area contributed by atoms with Gasteiger partial charge < -0.3 is 14.6 Å². The van der Waals surface area contributed by atoms with Crippen LogP contribution in [0.3, 0.4) is 0 Å². The molecule has 164 valence electrons. The third-order valence-corrected chi connectivity index (χ3v) is 6.39. The Kier molecular flexibility index (Phi) is 6.25. The minimum atomic E-state index is -4.27. The number of aromatic nitrogens is 1. The standard InChI is InChI=1S/C20H19F2N3O5S/c1-12-20(13(2)30-24-12)31(27,28)25(15-5-7-16(29-3)8-6-15)11-19(26)23-18-9-4-14(21)10-17(18)22/h4-10H,11H2,1-3H3,(H,23,26). The van der Waals surface area contributed by atoms with Crippen molar-refractivity contribution in [2.45, 2.75) is 18.7 Å². The van der Waals surface area contributed by atoms with Crippen LogP contribution < -0.4 is 14.4 Å². The van der Waals surface area contributed by atoms with Crippen molar-refractivity contribution in [3.63, 3.8) is 0 Å². The number of aryl methyl sites for hydroxylation is 2. The van der Waals surface area contributed by atoms with Gasteiger partial charge in [0.15, 0.2) is 10.7 Å². The van der Waals surface area contributed by atoms with Gasteiger partial charge in [-0.25, -0.2) is 17.2 Å². The summed E-state index contributed by atoms with van der Waals surface area (Å²) in [6.07, 6.45) is 0. The van der Waals surface area contributed by atoms with Gasteiger partial charge in [0.1, 0.15) is 29.6 Å². The van der Waals surface area contributed by atoms with Crippen molar-refractivity contribution in [1.82, 2.24) is 5.16 Å². The molecule has 0 saturated carbocycles. The van der Waals surface area contributed by atoms with Gasteiger partial charge in [0.05, 0.1) is 18.5 Å². The lowest BCUT2D eigenvalue weighted by molar-refractivity contribution is -0.114. The first-order chi connectivity index (χ1) is 14.6. The number of methoxy groups -OCH3 is 1. The SMILES string of the molecule is COc1ccc(N(CC(=O)Nc2ccc(F)cc2F)S(=O)(=O)c2c(C)noc2C)cc1. The largest absolute Gasteiger partial charge is 0.497 e. The molecule has 3 aromatic rings. The minimum absolute atomic E-state index is 0.0565. The van der Waals surface area contributed by atoms with Crippen LogP contribution in [-0.2, 0) is 14.8 Å². The number of rotatable bonds is 7. The van der Waals surface area contributed by atoms with Crippen LogP contribution in [-0.4, -0.2) is 33.1 Å². The van der Waals surface area contributed by atoms with Gasteiger partial charge in [-0.15, -0.1) is 0 Å². The Morgan fingerprint density at radius 1 is 1.16 bits per heavy atom. The second-order valence-electron chi connectivity index (χ2n) is 6.54. The van der Waals surface area contributed by atoms with E-state index in [4.69, 9.17) is 9.26 Å². The Labute approximate surface area is 177 Å². The second kappa shape index (κ2) is 8.72. The number of anilines is 2. The molecule has 0 spiro atoms. The summed E-state index contributed by atoms with van der Waals surface area (Å²) in [5, 5.41) is 5.92. The number of hydrogen-bond donors (Lipinski definition) is 1. The van der Waals surface area contributed by atoms with Crippen molar-refractivity contribution in [1.29, 1.82) is 0 Å². The van der Waals surface area contributed by atoms with Crippen molar-refractivity contribution in [3.8, 4) is 5.75 Å². The number of amides is 1. The number of carbonyl (C=O) groups is 1. The molecule has 0 bridgehead atoms. The first-order valence-electron chi connectivity index (χ1n) is 8.98. The fourth-order valence-electron chi connectivity index (χ4n) is 2.93. The highest BCUT2D eigenvalue weighted by Gasteiger charge is 2.33. The predicted octanol–water partition coefficient (Wildman–Crippen LogP) is 3.41. The summed E-state index contributed by atoms with van der Waals surface area (Å²) < 4.78 is 64.7. The van der Waals surface area contributed by atoms with Crippen LogP contribution >= 0.6 is 0 Å². The number of halogens is 2. The van der Waals surface area contributed by atoms with Gasteiger partial charge in [0.25, 0.3) is 10.0 Å². The molecule has 0 fully saturated rings. The number of carbonyl (C=O) groups excluding carboxylic acids is 1. The summed E-state index contributed by atoms with van der Waals surface area (Å²) in [4.78, 5) is 12.4. The highest BCUT2D eigenvalue weighted by atomic mass is 32.2. The molecule has 0 unspecified atom stereocenters. The zero-order valence-corrected chi connectivity index (χ0v) is 17.7. The van der Waals surface area contributed by atoms with E-state index in [-0.39, 0.29) is 27.7 Å². The van der Waals surface area contributed by atoms with Gasteiger partial charge in [-0.2, -0.15) is 0 Å². The molecule has 1 amide bonds. The van der Waals surface area contributed by atoms with Crippen molar-refractivity contribution in [2.75, 3.05) is 23.3 Å². The molecule has 0 atom stereocenters. The van der Waals surface area contributed by atoms with Crippen LogP contribution in [0.5, 0.6) is 5.75 Å². The molecule has 0 saturated heterocycles. The molecule has 8 nitrogen and oxygen atoms in total. The van der Waals surface area contributed by atoms with Gasteiger partial charge in [0, 0.05) is 6.07 Å². The number of hydrogen-bond acceptors (Lipinski definition) is 6. The van der Waals surface area contributed by atoms with E-state index in [2.05, 4.69) is 10.5 Å². The van der Waals surface area contributed by atoms with E-state index in [0.29, 0.717) is 11.8 Å². The van der Waals surface area contributed by atoms with Crippen LogP contribution in [0.4, 0.5) is 20.2 Å². The lowest BCUT2D eigenvalue weighted by Gasteiger charge is -2.24. The average molecular weight is 451 g/mol. The van der Waals surface area contributed by atoms with Gasteiger partial charge in [-0.1, -0.05) is 5.16 Å². The van der Waals surface area contributed by atoms with Crippen LogP contribution in [0.15, 0.2) is 51.9 Å². The van der Waals surface area contributed by atoms with E-state index in [1.807, 2.05) is 0 Å². The van der Waals surface area contributed by atoms with Crippen molar-refractivity contribution >= 4 is 27.3 Å². The zero-order valence-electron chi connectivity index (χ0n) is 16.8. The van der Waals surface area contributed by atoms with Gasteiger partial charge in [-0.05, 0) is 50.2 Å². The maximum absolute atomic E-state index is 13.9. The van der Waals surface area contributed by atoms with E-state index in [1.54, 1.807) is 0 Å². The molecule has 0 aliphatic carbocycles. The molecule has 0 radical (unpaired) electrons. The van der Waals surface area contributed by atoms with Crippen molar-refractivity contribution < 1.29 is 31.3 Å². The monoisotopic (exact) mass is 451 g/mol. The lowest BCUT2D eigenvalue weighted by atomic mass is 10.3. The fraction of sp³-hybridized carbons (Fsp3) is 0.200. The Bertz CT molecular complexity index is 1190.